The molecule has 0 aromatic heterocycles. The first-order chi connectivity index (χ1) is 12.5. The molecule has 1 aliphatic heterocycles. The minimum atomic E-state index is -0.668. The van der Waals surface area contributed by atoms with E-state index < -0.39 is 17.0 Å². The number of carbonyl (C=O) groups is 1. The van der Waals surface area contributed by atoms with Crippen molar-refractivity contribution in [2.45, 2.75) is 19.3 Å². The second-order valence-electron chi connectivity index (χ2n) is 6.90. The highest BCUT2D eigenvalue weighted by molar-refractivity contribution is 5.97. The van der Waals surface area contributed by atoms with Crippen molar-refractivity contribution < 1.29 is 13.6 Å². The summed E-state index contributed by atoms with van der Waals surface area (Å²) in [5.41, 5.74) is 1.42. The first-order valence-electron chi connectivity index (χ1n) is 8.39. The summed E-state index contributed by atoms with van der Waals surface area (Å²) in [4.78, 5) is 12.8. The molecule has 2 nitrogen and oxygen atoms in total. The average molecular weight is 349 g/mol. The average Bonchev–Trinajstić information content (AvgIpc) is 2.83. The highest BCUT2D eigenvalue weighted by atomic mass is 19.1. The summed E-state index contributed by atoms with van der Waals surface area (Å²) < 4.78 is 29.2. The van der Waals surface area contributed by atoms with Crippen LogP contribution in [-0.2, 0) is 10.2 Å². The first-order valence-corrected chi connectivity index (χ1v) is 8.39. The second-order valence-corrected chi connectivity index (χ2v) is 6.90. The number of nitrogens with zero attached hydrogens (tertiary/aromatic N) is 1. The third kappa shape index (κ3) is 2.18. The van der Waals surface area contributed by atoms with Gasteiger partial charge in [0, 0.05) is 11.1 Å². The Bertz CT molecular complexity index is 1050. The van der Waals surface area contributed by atoms with Crippen LogP contribution in [-0.4, -0.2) is 6.29 Å². The molecule has 0 saturated heterocycles. The molecule has 1 aliphatic rings. The molecule has 130 valence electrons. The Morgan fingerprint density at radius 2 is 1.62 bits per heavy atom. The lowest BCUT2D eigenvalue weighted by Crippen LogP contribution is -2.24. The second kappa shape index (κ2) is 5.77. The fourth-order valence-corrected chi connectivity index (χ4v) is 3.93. The van der Waals surface area contributed by atoms with Crippen molar-refractivity contribution in [2.75, 3.05) is 4.90 Å². The molecule has 0 fully saturated rings. The van der Waals surface area contributed by atoms with Crippen LogP contribution in [0.4, 0.5) is 20.2 Å². The van der Waals surface area contributed by atoms with Gasteiger partial charge in [-0.15, -0.1) is 0 Å². The number of rotatable bonds is 2. The Morgan fingerprint density at radius 1 is 0.923 bits per heavy atom. The zero-order valence-electron chi connectivity index (χ0n) is 14.5. The van der Waals surface area contributed by atoms with E-state index in [0.29, 0.717) is 17.7 Å². The van der Waals surface area contributed by atoms with Gasteiger partial charge >= 0.3 is 0 Å². The number of aldehydes is 1. The number of carbonyl (C=O) groups excluding carboxylic acids is 1. The molecule has 0 aliphatic carbocycles. The van der Waals surface area contributed by atoms with Gasteiger partial charge in [0.1, 0.15) is 23.6 Å². The van der Waals surface area contributed by atoms with Crippen LogP contribution in [0.2, 0.25) is 0 Å². The van der Waals surface area contributed by atoms with Crippen LogP contribution in [0.15, 0.2) is 66.4 Å². The quantitative estimate of drug-likeness (QED) is 0.441. The van der Waals surface area contributed by atoms with E-state index in [4.69, 9.17) is 0 Å². The topological polar surface area (TPSA) is 20.3 Å². The van der Waals surface area contributed by atoms with Crippen LogP contribution in [0.3, 0.4) is 0 Å². The Kier molecular flexibility index (Phi) is 3.65. The van der Waals surface area contributed by atoms with Gasteiger partial charge < -0.3 is 4.90 Å². The normalized spacial score (nSPS) is 16.9. The van der Waals surface area contributed by atoms with Crippen molar-refractivity contribution >= 4 is 28.4 Å². The molecule has 0 amide bonds. The van der Waals surface area contributed by atoms with Gasteiger partial charge in [-0.3, -0.25) is 4.79 Å². The first kappa shape index (κ1) is 16.5. The number of benzene rings is 3. The monoisotopic (exact) mass is 349 g/mol. The predicted octanol–water partition coefficient (Wildman–Crippen LogP) is 5.63. The van der Waals surface area contributed by atoms with Crippen LogP contribution < -0.4 is 4.90 Å². The van der Waals surface area contributed by atoms with Crippen molar-refractivity contribution in [3.05, 3.63) is 83.6 Å². The maximum Gasteiger partial charge on any atom is 0.150 e. The van der Waals surface area contributed by atoms with Crippen LogP contribution in [0.5, 0.6) is 0 Å². The Morgan fingerprint density at radius 3 is 2.31 bits per heavy atom. The largest absolute Gasteiger partial charge is 0.308 e. The van der Waals surface area contributed by atoms with Crippen LogP contribution >= 0.6 is 0 Å². The number of hydrogen-bond donors (Lipinski definition) is 0. The maximum absolute atomic E-state index is 14.6. The van der Waals surface area contributed by atoms with E-state index >= 15 is 0 Å². The molecule has 4 rings (SSSR count). The van der Waals surface area contributed by atoms with Gasteiger partial charge in [0.05, 0.1) is 5.69 Å². The number of anilines is 2. The molecule has 0 radical (unpaired) electrons. The summed E-state index contributed by atoms with van der Waals surface area (Å²) in [7, 11) is 0. The summed E-state index contributed by atoms with van der Waals surface area (Å²) in [5, 5.41) is 2.05. The zero-order valence-corrected chi connectivity index (χ0v) is 14.5. The summed E-state index contributed by atoms with van der Waals surface area (Å²) in [5.74, 6) is -1.34. The zero-order chi connectivity index (χ0) is 18.5. The van der Waals surface area contributed by atoms with Gasteiger partial charge in [0.15, 0.2) is 0 Å². The van der Waals surface area contributed by atoms with E-state index in [2.05, 4.69) is 0 Å². The van der Waals surface area contributed by atoms with E-state index in [-0.39, 0.29) is 5.69 Å². The van der Waals surface area contributed by atoms with Gasteiger partial charge in [0.25, 0.3) is 0 Å². The molecule has 0 saturated carbocycles. The highest BCUT2D eigenvalue weighted by Crippen LogP contribution is 2.54. The number of hydrogen-bond acceptors (Lipinski definition) is 2. The fraction of sp³-hybridized carbons (Fsp3) is 0.136. The highest BCUT2D eigenvalue weighted by Gasteiger charge is 2.43. The van der Waals surface area contributed by atoms with E-state index in [0.717, 1.165) is 16.3 Å². The standard InChI is InChI=1S/C22H17F2NO/c1-22(2)19(12-13-26)25(21-16(23)8-5-9-17(21)24)18-11-10-14-6-3-4-7-15(14)20(18)22/h3-13H,1-2H3/b19-12+. The van der Waals surface area contributed by atoms with Crippen LogP contribution in [0.1, 0.15) is 19.4 Å². The molecular formula is C22H17F2NO. The number of para-hydroxylation sites is 1. The third-order valence-corrected chi connectivity index (χ3v) is 5.04. The number of allylic oxidation sites excluding steroid dienone is 2. The van der Waals surface area contributed by atoms with Crippen molar-refractivity contribution in [1.82, 2.24) is 0 Å². The third-order valence-electron chi connectivity index (χ3n) is 5.04. The van der Waals surface area contributed by atoms with Crippen LogP contribution in [0.25, 0.3) is 10.8 Å². The van der Waals surface area contributed by atoms with Gasteiger partial charge in [-0.1, -0.05) is 50.2 Å². The Hall–Kier alpha value is -3.01. The predicted molar refractivity (Wildman–Crippen MR) is 99.6 cm³/mol. The maximum atomic E-state index is 14.6. The van der Waals surface area contributed by atoms with E-state index in [1.807, 2.05) is 50.2 Å². The minimum Gasteiger partial charge on any atom is -0.308 e. The van der Waals surface area contributed by atoms with E-state index in [1.54, 1.807) is 0 Å². The molecule has 0 unspecified atom stereocenters. The molecule has 0 bridgehead atoms. The fourth-order valence-electron chi connectivity index (χ4n) is 3.93. The molecule has 0 atom stereocenters. The van der Waals surface area contributed by atoms with Gasteiger partial charge in [0.2, 0.25) is 0 Å². The van der Waals surface area contributed by atoms with Crippen LogP contribution in [0, 0.1) is 11.6 Å². The molecule has 3 aromatic rings. The number of halogens is 2. The minimum absolute atomic E-state index is 0.164. The Balaban J connectivity index is 2.12. The van der Waals surface area contributed by atoms with Crippen molar-refractivity contribution in [3.63, 3.8) is 0 Å². The van der Waals surface area contributed by atoms with Gasteiger partial charge in [-0.2, -0.15) is 0 Å². The summed E-state index contributed by atoms with van der Waals surface area (Å²) >= 11 is 0. The lowest BCUT2D eigenvalue weighted by Gasteiger charge is -2.27. The lowest BCUT2D eigenvalue weighted by molar-refractivity contribution is -0.104. The van der Waals surface area contributed by atoms with Crippen molar-refractivity contribution in [2.24, 2.45) is 0 Å². The molecule has 26 heavy (non-hydrogen) atoms. The number of fused-ring (bicyclic) bond motifs is 3. The molecule has 1 heterocycles. The summed E-state index contributed by atoms with van der Waals surface area (Å²) in [6, 6.07) is 15.5. The van der Waals surface area contributed by atoms with E-state index in [1.165, 1.54) is 29.2 Å². The summed E-state index contributed by atoms with van der Waals surface area (Å²) in [6.45, 7) is 3.93. The molecular weight excluding hydrogens is 332 g/mol. The Labute approximate surface area is 150 Å². The smallest absolute Gasteiger partial charge is 0.150 e. The molecule has 4 heteroatoms. The van der Waals surface area contributed by atoms with Gasteiger partial charge in [-0.25, -0.2) is 8.78 Å². The molecule has 0 spiro atoms. The van der Waals surface area contributed by atoms with Gasteiger partial charge in [-0.05, 0) is 40.6 Å². The lowest BCUT2D eigenvalue weighted by atomic mass is 9.81. The van der Waals surface area contributed by atoms with Crippen molar-refractivity contribution in [3.8, 4) is 0 Å². The van der Waals surface area contributed by atoms with E-state index in [9.17, 15) is 13.6 Å². The SMILES string of the molecule is CC1(C)/C(=C\C=O)N(c2c(F)cccc2F)c2ccc3ccccc3c21. The summed E-state index contributed by atoms with van der Waals surface area (Å²) in [6.07, 6.45) is 2.05. The molecule has 0 N–H and O–H groups in total. The van der Waals surface area contributed by atoms with Crippen molar-refractivity contribution in [1.29, 1.82) is 0 Å². The molecule has 3 aromatic carbocycles.